The number of ketones is 1. The van der Waals surface area contributed by atoms with E-state index in [2.05, 4.69) is 12.2 Å². The van der Waals surface area contributed by atoms with E-state index in [0.717, 1.165) is 40.6 Å². The van der Waals surface area contributed by atoms with E-state index >= 15 is 0 Å². The minimum Gasteiger partial charge on any atom is -0.493 e. The van der Waals surface area contributed by atoms with Gasteiger partial charge in [0, 0.05) is 42.0 Å². The zero-order valence-electron chi connectivity index (χ0n) is 18.1. The smallest absolute Gasteiger partial charge is 0.195 e. The van der Waals surface area contributed by atoms with Crippen molar-refractivity contribution in [2.45, 2.75) is 26.3 Å². The third-order valence-corrected chi connectivity index (χ3v) is 5.26. The van der Waals surface area contributed by atoms with Gasteiger partial charge in [0.15, 0.2) is 5.78 Å². The van der Waals surface area contributed by atoms with E-state index in [0.29, 0.717) is 17.7 Å². The molecule has 3 aromatic carbocycles. The minimum absolute atomic E-state index is 0.0754. The molecule has 31 heavy (non-hydrogen) atoms. The number of ether oxygens (including phenoxy) is 1. The highest BCUT2D eigenvalue weighted by Gasteiger charge is 2.27. The van der Waals surface area contributed by atoms with Crippen molar-refractivity contribution in [3.05, 3.63) is 83.6 Å². The van der Waals surface area contributed by atoms with Crippen LogP contribution in [0.2, 0.25) is 0 Å². The van der Waals surface area contributed by atoms with Gasteiger partial charge in [-0.1, -0.05) is 61.5 Å². The molecule has 1 aliphatic heterocycles. The molecule has 3 aromatic rings. The summed E-state index contributed by atoms with van der Waals surface area (Å²) in [4.78, 5) is 13.5. The number of hydrogen-bond acceptors (Lipinski definition) is 5. The Bertz CT molecular complexity index is 1070. The number of nitrogens with one attached hydrogen (secondary N) is 1. The van der Waals surface area contributed by atoms with Crippen LogP contribution in [0.4, 0.5) is 0 Å². The topological polar surface area (TPSA) is 84.6 Å². The zero-order valence-corrected chi connectivity index (χ0v) is 18.1. The van der Waals surface area contributed by atoms with Crippen LogP contribution >= 0.6 is 0 Å². The highest BCUT2D eigenvalue weighted by atomic mass is 16.5. The van der Waals surface area contributed by atoms with E-state index in [-0.39, 0.29) is 18.4 Å². The van der Waals surface area contributed by atoms with Crippen molar-refractivity contribution in [3.8, 4) is 5.75 Å². The van der Waals surface area contributed by atoms with Gasteiger partial charge >= 0.3 is 0 Å². The maximum absolute atomic E-state index is 13.5. The summed E-state index contributed by atoms with van der Waals surface area (Å²) in [5.74, 6) is 0.744. The summed E-state index contributed by atoms with van der Waals surface area (Å²) in [5.41, 5.74) is 9.01. The van der Waals surface area contributed by atoms with E-state index in [1.54, 1.807) is 6.92 Å². The molecule has 162 valence electrons. The van der Waals surface area contributed by atoms with Crippen LogP contribution in [-0.4, -0.2) is 30.6 Å². The summed E-state index contributed by atoms with van der Waals surface area (Å²) < 4.78 is 5.87. The highest BCUT2D eigenvalue weighted by molar-refractivity contribution is 6.32. The lowest BCUT2D eigenvalue weighted by atomic mass is 9.87. The first-order chi connectivity index (χ1) is 15.2. The number of aliphatic hydroxyl groups excluding tert-OH is 1. The number of allylic oxidation sites excluding steroid dienone is 1. The van der Waals surface area contributed by atoms with Crippen molar-refractivity contribution in [1.82, 2.24) is 5.32 Å². The van der Waals surface area contributed by atoms with Gasteiger partial charge in [0.25, 0.3) is 0 Å². The number of aliphatic hydroxyl groups is 1. The normalized spacial score (nSPS) is 15.5. The predicted molar refractivity (Wildman–Crippen MR) is 126 cm³/mol. The molecule has 0 saturated heterocycles. The molecular formula is C26H30N2O3. The van der Waals surface area contributed by atoms with Crippen LogP contribution < -0.4 is 15.8 Å². The van der Waals surface area contributed by atoms with Crippen LogP contribution in [0.5, 0.6) is 5.75 Å². The third-order valence-electron chi connectivity index (χ3n) is 5.26. The van der Waals surface area contributed by atoms with Crippen LogP contribution in [0.3, 0.4) is 0 Å². The van der Waals surface area contributed by atoms with Gasteiger partial charge in [-0.25, -0.2) is 0 Å². The molecular weight excluding hydrogens is 388 g/mol. The second-order valence-corrected chi connectivity index (χ2v) is 7.22. The van der Waals surface area contributed by atoms with Gasteiger partial charge in [0.05, 0.1) is 6.61 Å². The lowest BCUT2D eigenvalue weighted by Crippen LogP contribution is -2.28. The Morgan fingerprint density at radius 2 is 1.77 bits per heavy atom. The monoisotopic (exact) mass is 418 g/mol. The molecule has 0 radical (unpaired) electrons. The van der Waals surface area contributed by atoms with Crippen molar-refractivity contribution in [2.24, 2.45) is 5.73 Å². The van der Waals surface area contributed by atoms with Crippen LogP contribution in [-0.2, 0) is 0 Å². The zero-order chi connectivity index (χ0) is 22.2. The molecule has 5 nitrogen and oxygen atoms in total. The number of benzene rings is 3. The van der Waals surface area contributed by atoms with Gasteiger partial charge < -0.3 is 20.9 Å². The van der Waals surface area contributed by atoms with Crippen molar-refractivity contribution >= 4 is 22.1 Å². The van der Waals surface area contributed by atoms with Gasteiger partial charge in [0.1, 0.15) is 5.75 Å². The van der Waals surface area contributed by atoms with E-state index in [4.69, 9.17) is 15.6 Å². The lowest BCUT2D eigenvalue weighted by molar-refractivity contribution is 0.105. The second kappa shape index (κ2) is 10.8. The lowest BCUT2D eigenvalue weighted by Gasteiger charge is -2.29. The quantitative estimate of drug-likeness (QED) is 0.421. The summed E-state index contributed by atoms with van der Waals surface area (Å²) in [7, 11) is 0. The Labute approximate surface area is 183 Å². The molecule has 5 heteroatoms. The molecule has 0 spiro atoms. The highest BCUT2D eigenvalue weighted by Crippen LogP contribution is 2.38. The van der Waals surface area contributed by atoms with Crippen LogP contribution in [0.15, 0.2) is 66.9 Å². The summed E-state index contributed by atoms with van der Waals surface area (Å²) in [5, 5.41) is 13.0. The van der Waals surface area contributed by atoms with Crippen LogP contribution in [0, 0.1) is 0 Å². The Morgan fingerprint density at radius 3 is 2.52 bits per heavy atom. The minimum atomic E-state index is -0.0754. The SMILES string of the molecule is CCNC1CCOc2cccc(/C(=C\N)C(=O)c3cccc4ccccc34)c21.CCO. The molecule has 0 fully saturated rings. The first-order valence-electron chi connectivity index (χ1n) is 10.7. The Morgan fingerprint density at radius 1 is 1.10 bits per heavy atom. The Balaban J connectivity index is 0.000000858. The van der Waals surface area contributed by atoms with Gasteiger partial charge in [-0.15, -0.1) is 0 Å². The van der Waals surface area contributed by atoms with Gasteiger partial charge in [0.2, 0.25) is 0 Å². The van der Waals surface area contributed by atoms with Gasteiger partial charge in [-0.3, -0.25) is 4.79 Å². The predicted octanol–water partition coefficient (Wildman–Crippen LogP) is 4.45. The van der Waals surface area contributed by atoms with E-state index < -0.39 is 0 Å². The van der Waals surface area contributed by atoms with Crippen molar-refractivity contribution in [2.75, 3.05) is 19.8 Å². The number of carbonyl (C=O) groups excluding carboxylic acids is 1. The summed E-state index contributed by atoms with van der Waals surface area (Å²) in [6, 6.07) is 19.7. The number of rotatable bonds is 5. The number of carbonyl (C=O) groups is 1. The molecule has 0 bridgehead atoms. The Kier molecular flexibility index (Phi) is 7.82. The van der Waals surface area contributed by atoms with Gasteiger partial charge in [-0.2, -0.15) is 0 Å². The number of fused-ring (bicyclic) bond motifs is 2. The standard InChI is InChI=1S/C24H24N2O2.C2H6O/c1-2-26-21-13-14-28-22-12-6-10-18(23(21)22)20(15-25)24(27)19-11-5-8-16-7-3-4-9-17(16)19;1-2-3/h3-12,15,21,26H,2,13-14,25H2,1H3;3H,2H2,1H3/b20-15+;. The average Bonchev–Trinajstić information content (AvgIpc) is 2.80. The first-order valence-corrected chi connectivity index (χ1v) is 10.7. The summed E-state index contributed by atoms with van der Waals surface area (Å²) in [6.07, 6.45) is 2.29. The van der Waals surface area contributed by atoms with Crippen molar-refractivity contribution in [1.29, 1.82) is 0 Å². The average molecular weight is 419 g/mol. The summed E-state index contributed by atoms with van der Waals surface area (Å²) >= 11 is 0. The molecule has 0 aliphatic carbocycles. The fraction of sp³-hybridized carbons (Fsp3) is 0.269. The van der Waals surface area contributed by atoms with E-state index in [1.807, 2.05) is 60.7 Å². The van der Waals surface area contributed by atoms with Crippen LogP contribution in [0.1, 0.15) is 47.8 Å². The molecule has 4 rings (SSSR count). The Hall–Kier alpha value is -3.15. The van der Waals surface area contributed by atoms with E-state index in [1.165, 1.54) is 6.20 Å². The fourth-order valence-electron chi connectivity index (χ4n) is 4.00. The third kappa shape index (κ3) is 4.79. The molecule has 1 heterocycles. The maximum Gasteiger partial charge on any atom is 0.195 e. The second-order valence-electron chi connectivity index (χ2n) is 7.22. The molecule has 4 N–H and O–H groups in total. The largest absolute Gasteiger partial charge is 0.493 e. The number of Topliss-reactive ketones (excluding diaryl/α,β-unsaturated/α-hetero) is 1. The van der Waals surface area contributed by atoms with Gasteiger partial charge in [-0.05, 0) is 35.9 Å². The fourth-order valence-corrected chi connectivity index (χ4v) is 4.00. The molecule has 0 amide bonds. The van der Waals surface area contributed by atoms with Crippen LogP contribution in [0.25, 0.3) is 16.3 Å². The van der Waals surface area contributed by atoms with Crippen molar-refractivity contribution in [3.63, 3.8) is 0 Å². The van der Waals surface area contributed by atoms with Crippen molar-refractivity contribution < 1.29 is 14.6 Å². The molecule has 1 aliphatic rings. The molecule has 1 atom stereocenters. The molecule has 0 saturated carbocycles. The first kappa shape index (κ1) is 22.5. The summed E-state index contributed by atoms with van der Waals surface area (Å²) in [6.45, 7) is 5.52. The molecule has 1 unspecified atom stereocenters. The molecule has 0 aromatic heterocycles. The van der Waals surface area contributed by atoms with E-state index in [9.17, 15) is 4.79 Å². The maximum atomic E-state index is 13.5. The number of hydrogen-bond donors (Lipinski definition) is 3. The number of nitrogens with two attached hydrogens (primary N) is 1.